The summed E-state index contributed by atoms with van der Waals surface area (Å²) in [6.07, 6.45) is 2.60. The summed E-state index contributed by atoms with van der Waals surface area (Å²) >= 11 is 6.15. The number of nitrogens with zero attached hydrogens (tertiary/aromatic N) is 2. The second-order valence-corrected chi connectivity index (χ2v) is 10.7. The van der Waals surface area contributed by atoms with Gasteiger partial charge in [-0.1, -0.05) is 35.0 Å². The highest BCUT2D eigenvalue weighted by Crippen LogP contribution is 2.33. The molecule has 3 aromatic rings. The molecule has 0 bridgehead atoms. The quantitative estimate of drug-likeness (QED) is 0.250. The van der Waals surface area contributed by atoms with Crippen LogP contribution in [0, 0.1) is 6.92 Å². The maximum atomic E-state index is 12.2. The molecule has 3 rings (SSSR count). The van der Waals surface area contributed by atoms with Crippen molar-refractivity contribution in [3.05, 3.63) is 98.4 Å². The second kappa shape index (κ2) is 10.9. The number of aryl methyl sites for hydroxylation is 2. The molecular weight excluding hydrogens is 492 g/mol. The topological polar surface area (TPSA) is 126 Å². The first kappa shape index (κ1) is 26.2. The number of hydrogen-bond acceptors (Lipinski definition) is 6. The normalized spacial score (nSPS) is 12.9. The van der Waals surface area contributed by atoms with Crippen LogP contribution in [0.4, 0.5) is 0 Å². The molecule has 0 saturated carbocycles. The van der Waals surface area contributed by atoms with Crippen molar-refractivity contribution < 1.29 is 23.5 Å². The standard InChI is InChI=1S/C25H25ClN2O6S/c1-16-13-19(26)6-9-21(16)22(17-3-7-20(8-4-17)35(2,33)34)14-23(27-32)18-5-10-24(29)28(15-18)12-11-25(30)31/h3-10,13,15,22,32H,11-12,14H2,1-2H3,(H,30,31)/b27-23-. The van der Waals surface area contributed by atoms with Crippen LogP contribution in [-0.2, 0) is 21.2 Å². The maximum Gasteiger partial charge on any atom is 0.305 e. The zero-order chi connectivity index (χ0) is 25.8. The smallest absolute Gasteiger partial charge is 0.305 e. The number of carboxylic acids is 1. The zero-order valence-corrected chi connectivity index (χ0v) is 20.8. The molecule has 0 aliphatic carbocycles. The van der Waals surface area contributed by atoms with Crippen molar-refractivity contribution in [2.75, 3.05) is 6.26 Å². The van der Waals surface area contributed by atoms with E-state index >= 15 is 0 Å². The van der Waals surface area contributed by atoms with Crippen molar-refractivity contribution in [2.45, 2.75) is 37.1 Å². The lowest BCUT2D eigenvalue weighted by atomic mass is 9.83. The first-order valence-electron chi connectivity index (χ1n) is 10.7. The number of aliphatic carboxylic acids is 1. The third-order valence-electron chi connectivity index (χ3n) is 5.72. The van der Waals surface area contributed by atoms with Crippen LogP contribution in [0.5, 0.6) is 0 Å². The molecule has 10 heteroatoms. The molecule has 0 spiro atoms. The number of pyridine rings is 1. The summed E-state index contributed by atoms with van der Waals surface area (Å²) in [7, 11) is -3.37. The highest BCUT2D eigenvalue weighted by Gasteiger charge is 2.22. The van der Waals surface area contributed by atoms with Crippen LogP contribution in [0.25, 0.3) is 0 Å². The van der Waals surface area contributed by atoms with Crippen LogP contribution in [0.3, 0.4) is 0 Å². The van der Waals surface area contributed by atoms with E-state index in [0.29, 0.717) is 10.6 Å². The molecule has 0 saturated heterocycles. The number of sulfone groups is 1. The highest BCUT2D eigenvalue weighted by atomic mass is 35.5. The number of benzene rings is 2. The Morgan fingerprint density at radius 2 is 1.80 bits per heavy atom. The van der Waals surface area contributed by atoms with Crippen molar-refractivity contribution in [3.63, 3.8) is 0 Å². The molecule has 0 fully saturated rings. The molecule has 0 amide bonds. The summed E-state index contributed by atoms with van der Waals surface area (Å²) in [6.45, 7) is 1.88. The van der Waals surface area contributed by atoms with Crippen molar-refractivity contribution >= 4 is 33.1 Å². The fourth-order valence-corrected chi connectivity index (χ4v) is 4.74. The molecule has 0 aliphatic rings. The highest BCUT2D eigenvalue weighted by molar-refractivity contribution is 7.90. The fraction of sp³-hybridized carbons (Fsp3) is 0.240. The van der Waals surface area contributed by atoms with Gasteiger partial charge in [-0.3, -0.25) is 9.59 Å². The van der Waals surface area contributed by atoms with Crippen LogP contribution >= 0.6 is 11.6 Å². The Hall–Kier alpha value is -3.43. The number of rotatable bonds is 9. The van der Waals surface area contributed by atoms with Crippen molar-refractivity contribution in [1.82, 2.24) is 4.57 Å². The van der Waals surface area contributed by atoms with E-state index in [1.807, 2.05) is 19.1 Å². The van der Waals surface area contributed by atoms with E-state index < -0.39 is 15.8 Å². The minimum Gasteiger partial charge on any atom is -0.481 e. The SMILES string of the molecule is Cc1cc(Cl)ccc1C(C/C(=N/O)c1ccc(=O)n(CCC(=O)O)c1)c1ccc(S(C)(=O)=O)cc1. The summed E-state index contributed by atoms with van der Waals surface area (Å²) in [4.78, 5) is 23.3. The molecule has 2 N–H and O–H groups in total. The number of halogens is 1. The number of carbonyl (C=O) groups is 1. The summed E-state index contributed by atoms with van der Waals surface area (Å²) in [6, 6.07) is 14.8. The Kier molecular flexibility index (Phi) is 8.14. The van der Waals surface area contributed by atoms with Gasteiger partial charge in [0, 0.05) is 48.0 Å². The number of oxime groups is 1. The van der Waals surface area contributed by atoms with Crippen LogP contribution in [0.2, 0.25) is 5.02 Å². The Bertz CT molecular complexity index is 1430. The van der Waals surface area contributed by atoms with E-state index in [9.17, 15) is 23.2 Å². The first-order chi connectivity index (χ1) is 16.5. The fourth-order valence-electron chi connectivity index (χ4n) is 3.89. The Morgan fingerprint density at radius 1 is 1.11 bits per heavy atom. The third-order valence-corrected chi connectivity index (χ3v) is 7.08. The minimum atomic E-state index is -3.37. The average molecular weight is 517 g/mol. The monoisotopic (exact) mass is 516 g/mol. The largest absolute Gasteiger partial charge is 0.481 e. The Balaban J connectivity index is 2.05. The molecule has 1 atom stereocenters. The predicted molar refractivity (Wildman–Crippen MR) is 133 cm³/mol. The van der Waals surface area contributed by atoms with Crippen LogP contribution in [0.1, 0.15) is 41.0 Å². The summed E-state index contributed by atoms with van der Waals surface area (Å²) in [5.41, 5.74) is 2.97. The van der Waals surface area contributed by atoms with Gasteiger partial charge in [0.25, 0.3) is 5.56 Å². The van der Waals surface area contributed by atoms with E-state index in [1.165, 1.54) is 35.0 Å². The molecule has 1 heterocycles. The van der Waals surface area contributed by atoms with Gasteiger partial charge in [-0.15, -0.1) is 0 Å². The van der Waals surface area contributed by atoms with E-state index in [1.54, 1.807) is 18.2 Å². The third kappa shape index (κ3) is 6.58. The summed E-state index contributed by atoms with van der Waals surface area (Å²) in [5, 5.41) is 22.9. The Morgan fingerprint density at radius 3 is 2.37 bits per heavy atom. The lowest BCUT2D eigenvalue weighted by Gasteiger charge is -2.21. The lowest BCUT2D eigenvalue weighted by molar-refractivity contribution is -0.137. The van der Waals surface area contributed by atoms with Gasteiger partial charge in [0.05, 0.1) is 17.0 Å². The van der Waals surface area contributed by atoms with Crippen molar-refractivity contribution in [2.24, 2.45) is 5.16 Å². The van der Waals surface area contributed by atoms with Gasteiger partial charge >= 0.3 is 5.97 Å². The number of carboxylic acid groups (broad SMARTS) is 1. The molecule has 8 nitrogen and oxygen atoms in total. The van der Waals surface area contributed by atoms with Gasteiger partial charge in [-0.2, -0.15) is 0 Å². The molecule has 0 radical (unpaired) electrons. The Labute approximate surface area is 208 Å². The van der Waals surface area contributed by atoms with E-state index in [-0.39, 0.29) is 41.5 Å². The van der Waals surface area contributed by atoms with Gasteiger partial charge in [0.2, 0.25) is 0 Å². The maximum absolute atomic E-state index is 12.2. The van der Waals surface area contributed by atoms with Crippen molar-refractivity contribution in [1.29, 1.82) is 0 Å². The number of aromatic nitrogens is 1. The molecule has 1 unspecified atom stereocenters. The van der Waals surface area contributed by atoms with E-state index in [0.717, 1.165) is 22.9 Å². The molecule has 0 aliphatic heterocycles. The van der Waals surface area contributed by atoms with Crippen LogP contribution < -0.4 is 5.56 Å². The molecule has 35 heavy (non-hydrogen) atoms. The molecule has 184 valence electrons. The minimum absolute atomic E-state index is 0.0204. The predicted octanol–water partition coefficient (Wildman–Crippen LogP) is 4.09. The van der Waals surface area contributed by atoms with Crippen LogP contribution in [0.15, 0.2) is 75.6 Å². The van der Waals surface area contributed by atoms with Gasteiger partial charge < -0.3 is 14.9 Å². The van der Waals surface area contributed by atoms with E-state index in [2.05, 4.69) is 5.16 Å². The average Bonchev–Trinajstić information content (AvgIpc) is 2.80. The molecule has 1 aromatic heterocycles. The van der Waals surface area contributed by atoms with Crippen LogP contribution in [-0.4, -0.2) is 41.2 Å². The van der Waals surface area contributed by atoms with Crippen molar-refractivity contribution in [3.8, 4) is 0 Å². The molecule has 2 aromatic carbocycles. The second-order valence-electron chi connectivity index (χ2n) is 8.24. The molecular formula is C25H25ClN2O6S. The summed E-state index contributed by atoms with van der Waals surface area (Å²) < 4.78 is 25.1. The zero-order valence-electron chi connectivity index (χ0n) is 19.2. The van der Waals surface area contributed by atoms with Gasteiger partial charge in [0.15, 0.2) is 9.84 Å². The van der Waals surface area contributed by atoms with Gasteiger partial charge in [-0.05, 0) is 53.9 Å². The van der Waals surface area contributed by atoms with E-state index in [4.69, 9.17) is 16.7 Å². The van der Waals surface area contributed by atoms with Gasteiger partial charge in [0.1, 0.15) is 0 Å². The summed E-state index contributed by atoms with van der Waals surface area (Å²) in [5.74, 6) is -1.36. The van der Waals surface area contributed by atoms with Gasteiger partial charge in [-0.25, -0.2) is 8.42 Å². The first-order valence-corrected chi connectivity index (χ1v) is 13.0. The lowest BCUT2D eigenvalue weighted by Crippen LogP contribution is -2.22. The number of hydrogen-bond donors (Lipinski definition) is 2.